The van der Waals surface area contributed by atoms with E-state index in [0.717, 1.165) is 22.4 Å². The molecule has 11 heteroatoms. The summed E-state index contributed by atoms with van der Waals surface area (Å²) < 4.78 is 17.9. The number of methoxy groups -OCH3 is 2. The second kappa shape index (κ2) is 11.4. The number of nitrogens with one attached hydrogen (secondary N) is 1. The molecule has 0 atom stereocenters. The van der Waals surface area contributed by atoms with E-state index in [4.69, 9.17) is 19.3 Å². The van der Waals surface area contributed by atoms with E-state index in [9.17, 15) is 10.1 Å². The molecule has 1 N–H and O–H groups in total. The van der Waals surface area contributed by atoms with Crippen molar-refractivity contribution in [3.05, 3.63) is 82.0 Å². The standard InChI is InChI=1S/C28H30N6O5/c1-19-5-4-6-20(15-19)23-9-10-33(31-23)26-17-24(32-11-13-39-14-12-32)27(34(35)36)28(30-26)29-18-21-7-8-22(37-2)16-25(21)38-3/h4-10,15-17H,11-14,18H2,1-3H3,(H,29,30). The van der Waals surface area contributed by atoms with Gasteiger partial charge in [-0.15, -0.1) is 0 Å². The normalized spacial score (nSPS) is 13.3. The molecule has 1 fully saturated rings. The first kappa shape index (κ1) is 26.0. The zero-order valence-electron chi connectivity index (χ0n) is 22.1. The summed E-state index contributed by atoms with van der Waals surface area (Å²) in [5, 5.41) is 20.3. The number of nitro groups is 1. The largest absolute Gasteiger partial charge is 0.497 e. The van der Waals surface area contributed by atoms with Gasteiger partial charge in [-0.2, -0.15) is 5.10 Å². The second-order valence-corrected chi connectivity index (χ2v) is 9.10. The summed E-state index contributed by atoms with van der Waals surface area (Å²) in [6.45, 7) is 4.32. The first-order valence-corrected chi connectivity index (χ1v) is 12.6. The lowest BCUT2D eigenvalue weighted by molar-refractivity contribution is -0.383. The van der Waals surface area contributed by atoms with Crippen LogP contribution in [0.5, 0.6) is 11.5 Å². The molecule has 0 aliphatic carbocycles. The van der Waals surface area contributed by atoms with Crippen molar-refractivity contribution in [2.75, 3.05) is 50.7 Å². The monoisotopic (exact) mass is 530 g/mol. The van der Waals surface area contributed by atoms with Gasteiger partial charge in [0.2, 0.25) is 5.82 Å². The Morgan fingerprint density at radius 2 is 1.90 bits per heavy atom. The van der Waals surface area contributed by atoms with Gasteiger partial charge in [-0.1, -0.05) is 23.8 Å². The lowest BCUT2D eigenvalue weighted by atomic mass is 10.1. The number of aromatic nitrogens is 3. The van der Waals surface area contributed by atoms with Crippen LogP contribution in [0.2, 0.25) is 0 Å². The fourth-order valence-corrected chi connectivity index (χ4v) is 4.56. The van der Waals surface area contributed by atoms with Crippen molar-refractivity contribution in [2.24, 2.45) is 0 Å². The van der Waals surface area contributed by atoms with Crippen LogP contribution in [0.15, 0.2) is 60.8 Å². The Morgan fingerprint density at radius 3 is 2.62 bits per heavy atom. The highest BCUT2D eigenvalue weighted by Gasteiger charge is 2.29. The average molecular weight is 531 g/mol. The van der Waals surface area contributed by atoms with Crippen LogP contribution in [0.3, 0.4) is 0 Å². The molecule has 0 radical (unpaired) electrons. The van der Waals surface area contributed by atoms with Crippen molar-refractivity contribution in [3.63, 3.8) is 0 Å². The number of nitrogens with zero attached hydrogens (tertiary/aromatic N) is 5. The fraction of sp³-hybridized carbons (Fsp3) is 0.286. The molecule has 0 spiro atoms. The minimum atomic E-state index is -0.392. The Kier molecular flexibility index (Phi) is 7.60. The molecule has 3 heterocycles. The molecule has 4 aromatic rings. The Hall–Kier alpha value is -4.64. The Morgan fingerprint density at radius 1 is 1.08 bits per heavy atom. The van der Waals surface area contributed by atoms with Crippen LogP contribution in [-0.4, -0.2) is 60.2 Å². The number of hydrogen-bond donors (Lipinski definition) is 1. The van der Waals surface area contributed by atoms with Gasteiger partial charge in [0.1, 0.15) is 17.2 Å². The summed E-state index contributed by atoms with van der Waals surface area (Å²) in [5.41, 5.74) is 4.06. The molecular formula is C28H30N6O5. The molecule has 1 aliphatic rings. The fourth-order valence-electron chi connectivity index (χ4n) is 4.56. The third kappa shape index (κ3) is 5.63. The van der Waals surface area contributed by atoms with Crippen LogP contribution in [-0.2, 0) is 11.3 Å². The number of rotatable bonds is 9. The molecule has 1 aliphatic heterocycles. The van der Waals surface area contributed by atoms with Gasteiger partial charge in [0.05, 0.1) is 38.1 Å². The van der Waals surface area contributed by atoms with Gasteiger partial charge in [-0.25, -0.2) is 9.67 Å². The summed E-state index contributed by atoms with van der Waals surface area (Å²) in [5.74, 6) is 1.86. The number of anilines is 2. The molecule has 39 heavy (non-hydrogen) atoms. The highest BCUT2D eigenvalue weighted by molar-refractivity contribution is 5.76. The van der Waals surface area contributed by atoms with Crippen LogP contribution in [0, 0.1) is 17.0 Å². The Labute approximate surface area is 226 Å². The van der Waals surface area contributed by atoms with Gasteiger partial charge in [0, 0.05) is 49.1 Å². The van der Waals surface area contributed by atoms with Crippen molar-refractivity contribution < 1.29 is 19.1 Å². The van der Waals surface area contributed by atoms with Crippen LogP contribution in [0.4, 0.5) is 17.2 Å². The predicted molar refractivity (Wildman–Crippen MR) is 148 cm³/mol. The lowest BCUT2D eigenvalue weighted by Crippen LogP contribution is -2.36. The molecule has 202 valence electrons. The van der Waals surface area contributed by atoms with Crippen molar-refractivity contribution in [1.29, 1.82) is 0 Å². The smallest absolute Gasteiger partial charge is 0.334 e. The molecule has 0 unspecified atom stereocenters. The van der Waals surface area contributed by atoms with Gasteiger partial charge in [0.15, 0.2) is 5.82 Å². The van der Waals surface area contributed by atoms with Crippen LogP contribution >= 0.6 is 0 Å². The third-order valence-electron chi connectivity index (χ3n) is 6.57. The van der Waals surface area contributed by atoms with Crippen molar-refractivity contribution in [2.45, 2.75) is 13.5 Å². The minimum absolute atomic E-state index is 0.0980. The van der Waals surface area contributed by atoms with E-state index in [-0.39, 0.29) is 18.1 Å². The van der Waals surface area contributed by atoms with Crippen molar-refractivity contribution in [3.8, 4) is 28.6 Å². The van der Waals surface area contributed by atoms with Gasteiger partial charge in [-0.3, -0.25) is 10.1 Å². The molecule has 11 nitrogen and oxygen atoms in total. The number of pyridine rings is 1. The van der Waals surface area contributed by atoms with E-state index in [0.29, 0.717) is 49.3 Å². The predicted octanol–water partition coefficient (Wildman–Crippen LogP) is 4.62. The maximum atomic E-state index is 12.4. The molecular weight excluding hydrogens is 500 g/mol. The first-order chi connectivity index (χ1) is 19.0. The quantitative estimate of drug-likeness (QED) is 0.244. The number of ether oxygens (including phenoxy) is 3. The number of aryl methyl sites for hydroxylation is 1. The minimum Gasteiger partial charge on any atom is -0.497 e. The highest BCUT2D eigenvalue weighted by atomic mass is 16.6. The topological polar surface area (TPSA) is 117 Å². The van der Waals surface area contributed by atoms with E-state index < -0.39 is 4.92 Å². The van der Waals surface area contributed by atoms with Crippen molar-refractivity contribution in [1.82, 2.24) is 14.8 Å². The second-order valence-electron chi connectivity index (χ2n) is 9.10. The highest BCUT2D eigenvalue weighted by Crippen LogP contribution is 2.37. The molecule has 5 rings (SSSR count). The maximum Gasteiger partial charge on any atom is 0.334 e. The summed E-state index contributed by atoms with van der Waals surface area (Å²) in [7, 11) is 3.15. The van der Waals surface area contributed by atoms with Gasteiger partial charge < -0.3 is 24.4 Å². The van der Waals surface area contributed by atoms with Gasteiger partial charge in [-0.05, 0) is 31.2 Å². The lowest BCUT2D eigenvalue weighted by Gasteiger charge is -2.29. The Balaban J connectivity index is 1.56. The van der Waals surface area contributed by atoms with Crippen LogP contribution in [0.1, 0.15) is 11.1 Å². The zero-order chi connectivity index (χ0) is 27.4. The Bertz CT molecular complexity index is 1480. The van der Waals surface area contributed by atoms with Crippen LogP contribution in [0.25, 0.3) is 17.1 Å². The van der Waals surface area contributed by atoms with E-state index in [1.54, 1.807) is 31.0 Å². The SMILES string of the molecule is COc1ccc(CNc2nc(-n3ccc(-c4cccc(C)c4)n3)cc(N3CCOCC3)c2[N+](=O)[O-])c(OC)c1. The van der Waals surface area contributed by atoms with E-state index >= 15 is 0 Å². The van der Waals surface area contributed by atoms with E-state index in [1.807, 2.05) is 54.4 Å². The average Bonchev–Trinajstić information content (AvgIpc) is 3.46. The maximum absolute atomic E-state index is 12.4. The third-order valence-corrected chi connectivity index (χ3v) is 6.57. The number of morpholine rings is 1. The molecule has 0 amide bonds. The molecule has 0 bridgehead atoms. The summed E-state index contributed by atoms with van der Waals surface area (Å²) >= 11 is 0. The number of hydrogen-bond acceptors (Lipinski definition) is 9. The van der Waals surface area contributed by atoms with E-state index in [2.05, 4.69) is 16.4 Å². The molecule has 2 aromatic carbocycles. The summed E-state index contributed by atoms with van der Waals surface area (Å²) in [6, 6.07) is 17.1. The van der Waals surface area contributed by atoms with Crippen molar-refractivity contribution >= 4 is 17.2 Å². The van der Waals surface area contributed by atoms with Crippen LogP contribution < -0.4 is 19.7 Å². The van der Waals surface area contributed by atoms with Gasteiger partial charge >= 0.3 is 5.69 Å². The summed E-state index contributed by atoms with van der Waals surface area (Å²) in [4.78, 5) is 18.6. The molecule has 0 saturated carbocycles. The van der Waals surface area contributed by atoms with E-state index in [1.165, 1.54) is 0 Å². The summed E-state index contributed by atoms with van der Waals surface area (Å²) in [6.07, 6.45) is 1.81. The zero-order valence-corrected chi connectivity index (χ0v) is 22.1. The molecule has 1 saturated heterocycles. The van der Waals surface area contributed by atoms with Gasteiger partial charge in [0.25, 0.3) is 0 Å². The molecule has 2 aromatic heterocycles. The number of benzene rings is 2. The first-order valence-electron chi connectivity index (χ1n) is 12.6.